The van der Waals surface area contributed by atoms with Gasteiger partial charge in [0.25, 0.3) is 0 Å². The van der Waals surface area contributed by atoms with Crippen molar-refractivity contribution in [3.63, 3.8) is 0 Å². The molecule has 0 atom stereocenters. The number of guanidine groups is 1. The van der Waals surface area contributed by atoms with Gasteiger partial charge in [0.2, 0.25) is 0 Å². The number of nitrogens with one attached hydrogen (secondary N) is 1. The van der Waals surface area contributed by atoms with Crippen molar-refractivity contribution < 1.29 is 4.74 Å². The summed E-state index contributed by atoms with van der Waals surface area (Å²) in [4.78, 5) is 6.71. The van der Waals surface area contributed by atoms with Crippen LogP contribution in [-0.2, 0) is 10.2 Å². The van der Waals surface area contributed by atoms with E-state index >= 15 is 0 Å². The summed E-state index contributed by atoms with van der Waals surface area (Å²) in [5, 5.41) is 3.55. The molecule has 0 amide bonds. The van der Waals surface area contributed by atoms with Crippen LogP contribution < -0.4 is 5.32 Å². The number of nitrogens with zero attached hydrogens (tertiary/aromatic N) is 2. The number of ether oxygens (including phenoxy) is 1. The second-order valence-corrected chi connectivity index (χ2v) is 8.48. The van der Waals surface area contributed by atoms with Crippen LogP contribution in [0.5, 0.6) is 0 Å². The molecule has 1 aromatic carbocycles. The van der Waals surface area contributed by atoms with E-state index in [0.29, 0.717) is 0 Å². The van der Waals surface area contributed by atoms with Gasteiger partial charge in [0.1, 0.15) is 0 Å². The fourth-order valence-electron chi connectivity index (χ4n) is 3.21. The summed E-state index contributed by atoms with van der Waals surface area (Å²) in [5.74, 6) is 1.75. The normalized spacial score (nSPS) is 16.1. The molecule has 0 radical (unpaired) electrons. The zero-order chi connectivity index (χ0) is 18.3. The topological polar surface area (TPSA) is 36.9 Å². The van der Waals surface area contributed by atoms with E-state index < -0.39 is 0 Å². The van der Waals surface area contributed by atoms with Crippen LogP contribution in [-0.4, -0.2) is 51.3 Å². The fraction of sp³-hybridized carbons (Fsp3) is 0.650. The van der Waals surface area contributed by atoms with Gasteiger partial charge in [-0.3, -0.25) is 4.99 Å². The van der Waals surface area contributed by atoms with Gasteiger partial charge < -0.3 is 15.0 Å². The SMILES string of the molecule is CN=C(NCC(C)(C)c1cccc(Br)c1)N(C)CCC1CCOCC1.I. The summed E-state index contributed by atoms with van der Waals surface area (Å²) >= 11 is 3.57. The molecule has 26 heavy (non-hydrogen) atoms. The quantitative estimate of drug-likeness (QED) is 0.325. The Bertz CT molecular complexity index is 574. The summed E-state index contributed by atoms with van der Waals surface area (Å²) in [7, 11) is 3.99. The first-order chi connectivity index (χ1) is 11.9. The summed E-state index contributed by atoms with van der Waals surface area (Å²) < 4.78 is 6.57. The Balaban J connectivity index is 0.00000338. The Hall–Kier alpha value is -0.340. The highest BCUT2D eigenvalue weighted by Crippen LogP contribution is 2.25. The number of hydrogen-bond donors (Lipinski definition) is 1. The van der Waals surface area contributed by atoms with Crippen LogP contribution in [0, 0.1) is 5.92 Å². The van der Waals surface area contributed by atoms with Gasteiger partial charge in [-0.1, -0.05) is 41.9 Å². The van der Waals surface area contributed by atoms with Crippen molar-refractivity contribution in [2.45, 2.75) is 38.5 Å². The molecule has 0 aromatic heterocycles. The Labute approximate surface area is 184 Å². The first-order valence-electron chi connectivity index (χ1n) is 9.18. The lowest BCUT2D eigenvalue weighted by Gasteiger charge is -2.30. The summed E-state index contributed by atoms with van der Waals surface area (Å²) in [6.45, 7) is 8.23. The average Bonchev–Trinajstić information content (AvgIpc) is 2.61. The predicted octanol–water partition coefficient (Wildman–Crippen LogP) is 4.67. The fourth-order valence-corrected chi connectivity index (χ4v) is 3.61. The Morgan fingerprint density at radius 2 is 2.04 bits per heavy atom. The third kappa shape index (κ3) is 7.35. The van der Waals surface area contributed by atoms with E-state index in [9.17, 15) is 0 Å². The zero-order valence-electron chi connectivity index (χ0n) is 16.4. The van der Waals surface area contributed by atoms with E-state index in [1.54, 1.807) is 0 Å². The Kier molecular flexibility index (Phi) is 10.5. The summed E-state index contributed by atoms with van der Waals surface area (Å²) in [6.07, 6.45) is 3.58. The predicted molar refractivity (Wildman–Crippen MR) is 125 cm³/mol. The van der Waals surface area contributed by atoms with Gasteiger partial charge in [-0.25, -0.2) is 0 Å². The second kappa shape index (κ2) is 11.5. The molecule has 148 valence electrons. The summed E-state index contributed by atoms with van der Waals surface area (Å²) in [6, 6.07) is 8.54. The highest BCUT2D eigenvalue weighted by molar-refractivity contribution is 14.0. The number of halogens is 2. The van der Waals surface area contributed by atoms with Gasteiger partial charge in [-0.2, -0.15) is 0 Å². The van der Waals surface area contributed by atoms with E-state index in [1.165, 1.54) is 24.8 Å². The van der Waals surface area contributed by atoms with Crippen LogP contribution in [0.4, 0.5) is 0 Å². The maximum atomic E-state index is 5.45. The molecule has 2 rings (SSSR count). The number of hydrogen-bond acceptors (Lipinski definition) is 2. The van der Waals surface area contributed by atoms with Gasteiger partial charge in [-0.05, 0) is 42.9 Å². The van der Waals surface area contributed by atoms with E-state index in [4.69, 9.17) is 4.74 Å². The zero-order valence-corrected chi connectivity index (χ0v) is 20.3. The Morgan fingerprint density at radius 3 is 2.65 bits per heavy atom. The van der Waals surface area contributed by atoms with Crippen LogP contribution in [0.2, 0.25) is 0 Å². The molecular weight excluding hydrogens is 505 g/mol. The monoisotopic (exact) mass is 537 g/mol. The molecule has 1 aromatic rings. The first-order valence-corrected chi connectivity index (χ1v) is 9.97. The highest BCUT2D eigenvalue weighted by atomic mass is 127. The van der Waals surface area contributed by atoms with Crippen molar-refractivity contribution in [3.8, 4) is 0 Å². The van der Waals surface area contributed by atoms with E-state index in [1.807, 2.05) is 7.05 Å². The van der Waals surface area contributed by atoms with Crippen LogP contribution in [0.25, 0.3) is 0 Å². The second-order valence-electron chi connectivity index (χ2n) is 7.56. The van der Waals surface area contributed by atoms with Crippen molar-refractivity contribution in [1.82, 2.24) is 10.2 Å². The number of benzene rings is 1. The smallest absolute Gasteiger partial charge is 0.193 e. The molecule has 0 unspecified atom stereocenters. The molecule has 1 heterocycles. The van der Waals surface area contributed by atoms with E-state index in [-0.39, 0.29) is 29.4 Å². The van der Waals surface area contributed by atoms with Gasteiger partial charge in [0.05, 0.1) is 0 Å². The molecule has 0 spiro atoms. The molecule has 1 aliphatic heterocycles. The number of aliphatic imine (C=N–C) groups is 1. The standard InChI is InChI=1S/C20H32BrN3O.HI/c1-20(2,17-6-5-7-18(21)14-17)15-23-19(22-3)24(4)11-8-16-9-12-25-13-10-16;/h5-7,14,16H,8-13,15H2,1-4H3,(H,22,23);1H. The van der Waals surface area contributed by atoms with Crippen LogP contribution in [0.3, 0.4) is 0 Å². The molecule has 0 aliphatic carbocycles. The summed E-state index contributed by atoms with van der Waals surface area (Å²) in [5.41, 5.74) is 1.34. The number of rotatable bonds is 6. The third-order valence-corrected chi connectivity index (χ3v) is 5.57. The molecular formula is C20H33BrIN3O. The maximum Gasteiger partial charge on any atom is 0.193 e. The van der Waals surface area contributed by atoms with Crippen molar-refractivity contribution in [1.29, 1.82) is 0 Å². The lowest BCUT2D eigenvalue weighted by atomic mass is 9.85. The largest absolute Gasteiger partial charge is 0.381 e. The van der Waals surface area contributed by atoms with Gasteiger partial charge >= 0.3 is 0 Å². The van der Waals surface area contributed by atoms with Gasteiger partial charge in [-0.15, -0.1) is 24.0 Å². The Morgan fingerprint density at radius 1 is 1.35 bits per heavy atom. The first kappa shape index (κ1) is 23.7. The molecule has 1 fully saturated rings. The van der Waals surface area contributed by atoms with Crippen molar-refractivity contribution in [2.75, 3.05) is 40.4 Å². The molecule has 1 aliphatic rings. The van der Waals surface area contributed by atoms with E-state index in [0.717, 1.165) is 42.7 Å². The van der Waals surface area contributed by atoms with Crippen molar-refractivity contribution >= 4 is 45.9 Å². The lowest BCUT2D eigenvalue weighted by molar-refractivity contribution is 0.0625. The van der Waals surface area contributed by atoms with Crippen molar-refractivity contribution in [3.05, 3.63) is 34.3 Å². The van der Waals surface area contributed by atoms with Crippen LogP contribution in [0.15, 0.2) is 33.7 Å². The molecule has 1 N–H and O–H groups in total. The lowest BCUT2D eigenvalue weighted by Crippen LogP contribution is -2.44. The van der Waals surface area contributed by atoms with Crippen LogP contribution >= 0.6 is 39.9 Å². The third-order valence-electron chi connectivity index (χ3n) is 5.08. The average molecular weight is 538 g/mol. The van der Waals surface area contributed by atoms with Gasteiger partial charge in [0, 0.05) is 50.3 Å². The van der Waals surface area contributed by atoms with E-state index in [2.05, 4.69) is 76.3 Å². The molecule has 0 bridgehead atoms. The molecule has 6 heteroatoms. The molecule has 0 saturated carbocycles. The molecule has 1 saturated heterocycles. The van der Waals surface area contributed by atoms with Crippen molar-refractivity contribution in [2.24, 2.45) is 10.9 Å². The molecule has 4 nitrogen and oxygen atoms in total. The van der Waals surface area contributed by atoms with Gasteiger partial charge in [0.15, 0.2) is 5.96 Å². The minimum absolute atomic E-state index is 0. The maximum absolute atomic E-state index is 5.45. The minimum Gasteiger partial charge on any atom is -0.381 e. The highest BCUT2D eigenvalue weighted by Gasteiger charge is 2.22. The minimum atomic E-state index is 0. The van der Waals surface area contributed by atoms with Crippen LogP contribution in [0.1, 0.15) is 38.7 Å².